The second-order valence-electron chi connectivity index (χ2n) is 3.78. The lowest BCUT2D eigenvalue weighted by Crippen LogP contribution is -2.40. The minimum absolute atomic E-state index is 0.0186. The molecule has 5 heteroatoms. The number of morpholine rings is 1. The van der Waals surface area contributed by atoms with Crippen LogP contribution in [0.25, 0.3) is 0 Å². The van der Waals surface area contributed by atoms with Gasteiger partial charge in [0.25, 0.3) is 5.91 Å². The van der Waals surface area contributed by atoms with Gasteiger partial charge in [-0.25, -0.2) is 0 Å². The average molecular weight is 231 g/mol. The molecule has 5 nitrogen and oxygen atoms in total. The van der Waals surface area contributed by atoms with Crippen LogP contribution in [0.1, 0.15) is 16.1 Å². The third-order valence-corrected chi connectivity index (χ3v) is 2.62. The SMILES string of the molecule is N#CCc1cc(C(=O)N2CCOCC2)ccn1. The van der Waals surface area contributed by atoms with Crippen LogP contribution in [0.2, 0.25) is 0 Å². The van der Waals surface area contributed by atoms with E-state index in [2.05, 4.69) is 4.98 Å². The third-order valence-electron chi connectivity index (χ3n) is 2.62. The molecule has 0 N–H and O–H groups in total. The van der Waals surface area contributed by atoms with E-state index in [0.717, 1.165) is 0 Å². The van der Waals surface area contributed by atoms with Crippen LogP contribution in [-0.2, 0) is 11.2 Å². The zero-order valence-corrected chi connectivity index (χ0v) is 9.43. The van der Waals surface area contributed by atoms with Gasteiger partial charge in [-0.05, 0) is 12.1 Å². The first-order valence-corrected chi connectivity index (χ1v) is 5.50. The van der Waals surface area contributed by atoms with Crippen LogP contribution in [0.3, 0.4) is 0 Å². The summed E-state index contributed by atoms with van der Waals surface area (Å²) >= 11 is 0. The molecule has 0 spiro atoms. The van der Waals surface area contributed by atoms with Gasteiger partial charge in [-0.1, -0.05) is 0 Å². The van der Waals surface area contributed by atoms with Crippen molar-refractivity contribution in [2.75, 3.05) is 26.3 Å². The van der Waals surface area contributed by atoms with E-state index in [4.69, 9.17) is 10.00 Å². The van der Waals surface area contributed by atoms with E-state index < -0.39 is 0 Å². The quantitative estimate of drug-likeness (QED) is 0.748. The minimum Gasteiger partial charge on any atom is -0.378 e. The summed E-state index contributed by atoms with van der Waals surface area (Å²) < 4.78 is 5.20. The molecule has 17 heavy (non-hydrogen) atoms. The Morgan fingerprint density at radius 2 is 2.29 bits per heavy atom. The Morgan fingerprint density at radius 3 is 3.00 bits per heavy atom. The van der Waals surface area contributed by atoms with E-state index in [-0.39, 0.29) is 12.3 Å². The Morgan fingerprint density at radius 1 is 1.53 bits per heavy atom. The smallest absolute Gasteiger partial charge is 0.254 e. The fraction of sp³-hybridized carbons (Fsp3) is 0.417. The lowest BCUT2D eigenvalue weighted by Gasteiger charge is -2.26. The van der Waals surface area contributed by atoms with Crippen molar-refractivity contribution in [3.63, 3.8) is 0 Å². The monoisotopic (exact) mass is 231 g/mol. The van der Waals surface area contributed by atoms with Crippen LogP contribution < -0.4 is 0 Å². The Labute approximate surface area is 99.6 Å². The van der Waals surface area contributed by atoms with Gasteiger partial charge in [0.2, 0.25) is 0 Å². The van der Waals surface area contributed by atoms with Crippen molar-refractivity contribution in [3.05, 3.63) is 29.6 Å². The number of aromatic nitrogens is 1. The summed E-state index contributed by atoms with van der Waals surface area (Å²) in [7, 11) is 0. The summed E-state index contributed by atoms with van der Waals surface area (Å²) in [6, 6.07) is 5.38. The van der Waals surface area contributed by atoms with E-state index in [1.165, 1.54) is 0 Å². The molecule has 0 bridgehead atoms. The lowest BCUT2D eigenvalue weighted by atomic mass is 10.1. The number of amides is 1. The molecule has 1 aromatic rings. The first-order chi connectivity index (χ1) is 8.31. The summed E-state index contributed by atoms with van der Waals surface area (Å²) in [5, 5.41) is 8.60. The second kappa shape index (κ2) is 5.41. The van der Waals surface area contributed by atoms with Crippen molar-refractivity contribution < 1.29 is 9.53 Å². The summed E-state index contributed by atoms with van der Waals surface area (Å²) in [5.74, 6) is -0.0186. The van der Waals surface area contributed by atoms with E-state index >= 15 is 0 Å². The second-order valence-corrected chi connectivity index (χ2v) is 3.78. The molecule has 1 fully saturated rings. The number of carbonyl (C=O) groups is 1. The summed E-state index contributed by atoms with van der Waals surface area (Å²) in [5.41, 5.74) is 1.22. The van der Waals surface area contributed by atoms with Crippen molar-refractivity contribution >= 4 is 5.91 Å². The maximum absolute atomic E-state index is 12.1. The number of rotatable bonds is 2. The summed E-state index contributed by atoms with van der Waals surface area (Å²) in [4.78, 5) is 17.9. The molecular weight excluding hydrogens is 218 g/mol. The maximum Gasteiger partial charge on any atom is 0.254 e. The minimum atomic E-state index is -0.0186. The molecular formula is C12H13N3O2. The largest absolute Gasteiger partial charge is 0.378 e. The van der Waals surface area contributed by atoms with Gasteiger partial charge in [-0.3, -0.25) is 9.78 Å². The molecule has 0 atom stereocenters. The van der Waals surface area contributed by atoms with Gasteiger partial charge >= 0.3 is 0 Å². The normalized spacial score (nSPS) is 15.4. The van der Waals surface area contributed by atoms with Crippen molar-refractivity contribution in [1.29, 1.82) is 5.26 Å². The molecule has 0 radical (unpaired) electrons. The molecule has 1 aliphatic heterocycles. The number of nitriles is 1. The molecule has 1 aliphatic rings. The Hall–Kier alpha value is -1.93. The number of pyridine rings is 1. The maximum atomic E-state index is 12.1. The molecule has 2 heterocycles. The van der Waals surface area contributed by atoms with Crippen molar-refractivity contribution in [1.82, 2.24) is 9.88 Å². The Bertz CT molecular complexity index is 447. The van der Waals surface area contributed by atoms with Gasteiger partial charge in [0.15, 0.2) is 0 Å². The lowest BCUT2D eigenvalue weighted by molar-refractivity contribution is 0.0303. The number of carbonyl (C=O) groups excluding carboxylic acids is 1. The molecule has 88 valence electrons. The van der Waals surface area contributed by atoms with Crippen molar-refractivity contribution in [2.24, 2.45) is 0 Å². The predicted molar refractivity (Wildman–Crippen MR) is 60.3 cm³/mol. The molecule has 0 unspecified atom stereocenters. The molecule has 1 aromatic heterocycles. The van der Waals surface area contributed by atoms with E-state index in [1.54, 1.807) is 23.2 Å². The van der Waals surface area contributed by atoms with E-state index in [9.17, 15) is 4.79 Å². The highest BCUT2D eigenvalue weighted by Crippen LogP contribution is 2.08. The van der Waals surface area contributed by atoms with Gasteiger partial charge in [0, 0.05) is 24.8 Å². The summed E-state index contributed by atoms with van der Waals surface area (Å²) in [6.45, 7) is 2.41. The third kappa shape index (κ3) is 2.80. The fourth-order valence-electron chi connectivity index (χ4n) is 1.74. The zero-order chi connectivity index (χ0) is 12.1. The highest BCUT2D eigenvalue weighted by Gasteiger charge is 2.18. The van der Waals surface area contributed by atoms with Crippen LogP contribution in [0.15, 0.2) is 18.3 Å². The van der Waals surface area contributed by atoms with Crippen molar-refractivity contribution in [2.45, 2.75) is 6.42 Å². The van der Waals surface area contributed by atoms with Gasteiger partial charge in [-0.2, -0.15) is 5.26 Å². The Kier molecular flexibility index (Phi) is 3.68. The van der Waals surface area contributed by atoms with Gasteiger partial charge < -0.3 is 9.64 Å². The van der Waals surface area contributed by atoms with Crippen LogP contribution in [0.4, 0.5) is 0 Å². The molecule has 1 saturated heterocycles. The van der Waals surface area contributed by atoms with Crippen LogP contribution in [0, 0.1) is 11.3 Å². The van der Waals surface area contributed by atoms with Crippen LogP contribution >= 0.6 is 0 Å². The number of hydrogen-bond donors (Lipinski definition) is 0. The average Bonchev–Trinajstić information content (AvgIpc) is 2.40. The molecule has 0 aromatic carbocycles. The van der Waals surface area contributed by atoms with E-state index in [0.29, 0.717) is 37.6 Å². The highest BCUT2D eigenvalue weighted by atomic mass is 16.5. The van der Waals surface area contributed by atoms with Gasteiger partial charge in [0.1, 0.15) is 0 Å². The first-order valence-electron chi connectivity index (χ1n) is 5.50. The molecule has 0 saturated carbocycles. The topological polar surface area (TPSA) is 66.2 Å². The van der Waals surface area contributed by atoms with Crippen LogP contribution in [0.5, 0.6) is 0 Å². The Balaban J connectivity index is 2.13. The fourth-order valence-corrected chi connectivity index (χ4v) is 1.74. The van der Waals surface area contributed by atoms with Gasteiger partial charge in [-0.15, -0.1) is 0 Å². The van der Waals surface area contributed by atoms with Crippen molar-refractivity contribution in [3.8, 4) is 6.07 Å². The van der Waals surface area contributed by atoms with E-state index in [1.807, 2.05) is 6.07 Å². The number of ether oxygens (including phenoxy) is 1. The molecule has 1 amide bonds. The standard InChI is InChI=1S/C12H13N3O2/c13-3-1-11-9-10(2-4-14-11)12(16)15-5-7-17-8-6-15/h2,4,9H,1,5-8H2. The molecule has 0 aliphatic carbocycles. The van der Waals surface area contributed by atoms with Gasteiger partial charge in [0.05, 0.1) is 31.4 Å². The molecule has 2 rings (SSSR count). The first kappa shape index (κ1) is 11.6. The summed E-state index contributed by atoms with van der Waals surface area (Å²) in [6.07, 6.45) is 1.80. The zero-order valence-electron chi connectivity index (χ0n) is 9.43. The highest BCUT2D eigenvalue weighted by molar-refractivity contribution is 5.94. The number of hydrogen-bond acceptors (Lipinski definition) is 4. The van der Waals surface area contributed by atoms with Crippen LogP contribution in [-0.4, -0.2) is 42.1 Å². The predicted octanol–water partition coefficient (Wildman–Crippen LogP) is 0.620. The number of nitrogens with zero attached hydrogens (tertiary/aromatic N) is 3.